The van der Waals surface area contributed by atoms with E-state index in [0.717, 1.165) is 12.2 Å². The minimum Gasteiger partial charge on any atom is -0.506 e. The molecular formula is C8H10ClNO. The molecule has 1 aromatic carbocycles. The standard InChI is InChI=1S/C8H10ClNO/c1-2-10-7-4-3-6(9)5-8(7)11/h3-5,10-11H,2H2,1H3. The molecule has 3 heteroatoms. The first-order chi connectivity index (χ1) is 5.24. The second-order valence-corrected chi connectivity index (χ2v) is 2.63. The molecule has 2 N–H and O–H groups in total. The van der Waals surface area contributed by atoms with Crippen LogP contribution in [0.4, 0.5) is 5.69 Å². The summed E-state index contributed by atoms with van der Waals surface area (Å²) in [5, 5.41) is 12.8. The van der Waals surface area contributed by atoms with E-state index >= 15 is 0 Å². The lowest BCUT2D eigenvalue weighted by atomic mass is 10.3. The van der Waals surface area contributed by atoms with Crippen molar-refractivity contribution < 1.29 is 5.11 Å². The maximum absolute atomic E-state index is 9.28. The molecule has 11 heavy (non-hydrogen) atoms. The Kier molecular flexibility index (Phi) is 2.60. The van der Waals surface area contributed by atoms with Crippen LogP contribution in [0.2, 0.25) is 5.02 Å². The topological polar surface area (TPSA) is 32.3 Å². The van der Waals surface area contributed by atoms with E-state index in [2.05, 4.69) is 5.32 Å². The highest BCUT2D eigenvalue weighted by Crippen LogP contribution is 2.25. The SMILES string of the molecule is CCNc1ccc(Cl)cc1O. The zero-order valence-electron chi connectivity index (χ0n) is 6.26. The highest BCUT2D eigenvalue weighted by atomic mass is 35.5. The monoisotopic (exact) mass is 171 g/mol. The highest BCUT2D eigenvalue weighted by Gasteiger charge is 1.98. The number of rotatable bonds is 2. The number of nitrogens with one attached hydrogen (secondary N) is 1. The van der Waals surface area contributed by atoms with Crippen LogP contribution in [0, 0.1) is 0 Å². The van der Waals surface area contributed by atoms with E-state index < -0.39 is 0 Å². The first-order valence-corrected chi connectivity index (χ1v) is 3.84. The summed E-state index contributed by atoms with van der Waals surface area (Å²) >= 11 is 5.63. The van der Waals surface area contributed by atoms with Crippen LogP contribution in [0.25, 0.3) is 0 Å². The third kappa shape index (κ3) is 2.02. The Labute approximate surface area is 70.8 Å². The molecule has 1 rings (SSSR count). The number of hydrogen-bond acceptors (Lipinski definition) is 2. The summed E-state index contributed by atoms with van der Waals surface area (Å²) in [5.41, 5.74) is 0.719. The van der Waals surface area contributed by atoms with Crippen LogP contribution in [-0.4, -0.2) is 11.7 Å². The molecule has 0 aliphatic rings. The van der Waals surface area contributed by atoms with Crippen LogP contribution in [0.5, 0.6) is 5.75 Å². The molecule has 0 spiro atoms. The molecule has 0 aromatic heterocycles. The van der Waals surface area contributed by atoms with Crippen molar-refractivity contribution in [3.05, 3.63) is 23.2 Å². The van der Waals surface area contributed by atoms with E-state index in [0.29, 0.717) is 5.02 Å². The first kappa shape index (κ1) is 8.21. The number of phenols is 1. The lowest BCUT2D eigenvalue weighted by Crippen LogP contribution is -1.95. The van der Waals surface area contributed by atoms with E-state index in [-0.39, 0.29) is 5.75 Å². The van der Waals surface area contributed by atoms with Crippen LogP contribution in [-0.2, 0) is 0 Å². The summed E-state index contributed by atoms with van der Waals surface area (Å²) in [6.07, 6.45) is 0. The van der Waals surface area contributed by atoms with Crippen molar-refractivity contribution in [3.63, 3.8) is 0 Å². The second-order valence-electron chi connectivity index (χ2n) is 2.19. The van der Waals surface area contributed by atoms with Crippen molar-refractivity contribution >= 4 is 17.3 Å². The lowest BCUT2D eigenvalue weighted by Gasteiger charge is -2.04. The van der Waals surface area contributed by atoms with Crippen molar-refractivity contribution in [2.24, 2.45) is 0 Å². The van der Waals surface area contributed by atoms with Gasteiger partial charge in [0.2, 0.25) is 0 Å². The summed E-state index contributed by atoms with van der Waals surface area (Å²) in [4.78, 5) is 0. The fourth-order valence-corrected chi connectivity index (χ4v) is 1.01. The Morgan fingerprint density at radius 2 is 2.27 bits per heavy atom. The summed E-state index contributed by atoms with van der Waals surface area (Å²) in [6.45, 7) is 2.75. The molecule has 0 saturated carbocycles. The Hall–Kier alpha value is -0.890. The molecule has 0 atom stereocenters. The summed E-state index contributed by atoms with van der Waals surface area (Å²) < 4.78 is 0. The quantitative estimate of drug-likeness (QED) is 0.671. The molecule has 0 amide bonds. The van der Waals surface area contributed by atoms with E-state index in [4.69, 9.17) is 11.6 Å². The second kappa shape index (κ2) is 3.49. The van der Waals surface area contributed by atoms with Gasteiger partial charge in [0.15, 0.2) is 0 Å². The third-order valence-corrected chi connectivity index (χ3v) is 1.56. The molecular weight excluding hydrogens is 162 g/mol. The molecule has 0 unspecified atom stereocenters. The highest BCUT2D eigenvalue weighted by molar-refractivity contribution is 6.30. The van der Waals surface area contributed by atoms with E-state index in [1.807, 2.05) is 6.92 Å². The molecule has 0 saturated heterocycles. The van der Waals surface area contributed by atoms with Gasteiger partial charge in [0.25, 0.3) is 0 Å². The molecule has 0 bridgehead atoms. The van der Waals surface area contributed by atoms with Gasteiger partial charge in [0.05, 0.1) is 5.69 Å². The van der Waals surface area contributed by atoms with Gasteiger partial charge in [-0.1, -0.05) is 11.6 Å². The van der Waals surface area contributed by atoms with Crippen LogP contribution < -0.4 is 5.32 Å². The average Bonchev–Trinajstić information content (AvgIpc) is 1.95. The van der Waals surface area contributed by atoms with Crippen molar-refractivity contribution in [1.29, 1.82) is 0 Å². The molecule has 60 valence electrons. The van der Waals surface area contributed by atoms with Gasteiger partial charge in [-0.3, -0.25) is 0 Å². The van der Waals surface area contributed by atoms with Crippen LogP contribution in [0.15, 0.2) is 18.2 Å². The number of aromatic hydroxyl groups is 1. The Morgan fingerprint density at radius 1 is 1.55 bits per heavy atom. The lowest BCUT2D eigenvalue weighted by molar-refractivity contribution is 0.477. The van der Waals surface area contributed by atoms with E-state index in [1.54, 1.807) is 12.1 Å². The zero-order valence-corrected chi connectivity index (χ0v) is 7.02. The molecule has 1 aromatic rings. The normalized spacial score (nSPS) is 9.64. The number of hydrogen-bond donors (Lipinski definition) is 2. The molecule has 2 nitrogen and oxygen atoms in total. The molecule has 0 heterocycles. The van der Waals surface area contributed by atoms with Gasteiger partial charge in [-0.15, -0.1) is 0 Å². The molecule has 0 aliphatic heterocycles. The van der Waals surface area contributed by atoms with Gasteiger partial charge in [-0.05, 0) is 19.1 Å². The predicted octanol–water partition coefficient (Wildman–Crippen LogP) is 2.48. The molecule has 0 aliphatic carbocycles. The fourth-order valence-electron chi connectivity index (χ4n) is 0.845. The smallest absolute Gasteiger partial charge is 0.140 e. The summed E-state index contributed by atoms with van der Waals surface area (Å²) in [5.74, 6) is 0.194. The minimum absolute atomic E-state index is 0.194. The first-order valence-electron chi connectivity index (χ1n) is 3.46. The van der Waals surface area contributed by atoms with Crippen LogP contribution in [0.1, 0.15) is 6.92 Å². The van der Waals surface area contributed by atoms with Gasteiger partial charge >= 0.3 is 0 Å². The number of phenolic OH excluding ortho intramolecular Hbond substituents is 1. The Bertz CT molecular complexity index is 250. The van der Waals surface area contributed by atoms with E-state index in [9.17, 15) is 5.11 Å². The Balaban J connectivity index is 2.90. The zero-order chi connectivity index (χ0) is 8.27. The Morgan fingerprint density at radius 3 is 2.82 bits per heavy atom. The largest absolute Gasteiger partial charge is 0.506 e. The molecule has 0 fully saturated rings. The van der Waals surface area contributed by atoms with Gasteiger partial charge in [0, 0.05) is 17.6 Å². The maximum Gasteiger partial charge on any atom is 0.140 e. The van der Waals surface area contributed by atoms with Crippen molar-refractivity contribution in [3.8, 4) is 5.75 Å². The molecule has 0 radical (unpaired) electrons. The van der Waals surface area contributed by atoms with Crippen molar-refractivity contribution in [2.75, 3.05) is 11.9 Å². The summed E-state index contributed by atoms with van der Waals surface area (Å²) in [7, 11) is 0. The average molecular weight is 172 g/mol. The van der Waals surface area contributed by atoms with Crippen molar-refractivity contribution in [2.45, 2.75) is 6.92 Å². The van der Waals surface area contributed by atoms with Gasteiger partial charge in [-0.2, -0.15) is 0 Å². The van der Waals surface area contributed by atoms with Gasteiger partial charge in [0.1, 0.15) is 5.75 Å². The third-order valence-electron chi connectivity index (χ3n) is 1.33. The number of benzene rings is 1. The number of anilines is 1. The van der Waals surface area contributed by atoms with Crippen molar-refractivity contribution in [1.82, 2.24) is 0 Å². The number of halogens is 1. The van der Waals surface area contributed by atoms with E-state index in [1.165, 1.54) is 6.07 Å². The minimum atomic E-state index is 0.194. The maximum atomic E-state index is 9.28. The fraction of sp³-hybridized carbons (Fsp3) is 0.250. The summed E-state index contributed by atoms with van der Waals surface area (Å²) in [6, 6.07) is 5.00. The van der Waals surface area contributed by atoms with Gasteiger partial charge < -0.3 is 10.4 Å². The van der Waals surface area contributed by atoms with Gasteiger partial charge in [-0.25, -0.2) is 0 Å². The predicted molar refractivity (Wildman–Crippen MR) is 47.3 cm³/mol. The van der Waals surface area contributed by atoms with Crippen LogP contribution in [0.3, 0.4) is 0 Å². The van der Waals surface area contributed by atoms with Crippen LogP contribution >= 0.6 is 11.6 Å².